The second-order valence-corrected chi connectivity index (χ2v) is 10.1. The van der Waals surface area contributed by atoms with Gasteiger partial charge in [-0.3, -0.25) is 14.8 Å². The first kappa shape index (κ1) is 27.8. The number of anilines is 3. The largest absolute Gasteiger partial charge is 0.486 e. The molecule has 2 N–H and O–H groups in total. The van der Waals surface area contributed by atoms with Gasteiger partial charge in [0.25, 0.3) is 0 Å². The molecule has 0 aliphatic heterocycles. The fourth-order valence-electron chi connectivity index (χ4n) is 4.04. The van der Waals surface area contributed by atoms with Crippen LogP contribution in [0.3, 0.4) is 0 Å². The first-order valence-electron chi connectivity index (χ1n) is 12.6. The number of rotatable bonds is 10. The monoisotopic (exact) mass is 542 g/mol. The Balaban J connectivity index is 1.57. The van der Waals surface area contributed by atoms with Crippen LogP contribution in [0, 0.1) is 25.2 Å². The Kier molecular flexibility index (Phi) is 8.97. The molecule has 4 aromatic rings. The molecule has 1 amide bonds. The van der Waals surface area contributed by atoms with Crippen LogP contribution in [0.15, 0.2) is 54.9 Å². The van der Waals surface area contributed by atoms with Crippen LogP contribution >= 0.6 is 11.6 Å². The van der Waals surface area contributed by atoms with Crippen molar-refractivity contribution < 1.29 is 9.53 Å². The van der Waals surface area contributed by atoms with Crippen LogP contribution in [0.5, 0.6) is 5.75 Å². The van der Waals surface area contributed by atoms with E-state index in [-0.39, 0.29) is 5.91 Å². The number of hydrogen-bond donors (Lipinski definition) is 2. The minimum absolute atomic E-state index is 0.0542. The lowest BCUT2D eigenvalue weighted by Crippen LogP contribution is -2.17. The number of ether oxygens (including phenoxy) is 1. The number of pyridine rings is 2. The van der Waals surface area contributed by atoms with Crippen molar-refractivity contribution in [1.82, 2.24) is 14.9 Å². The Morgan fingerprint density at radius 2 is 1.92 bits per heavy atom. The third-order valence-electron chi connectivity index (χ3n) is 6.17. The highest BCUT2D eigenvalue weighted by atomic mass is 35.5. The van der Waals surface area contributed by atoms with E-state index in [9.17, 15) is 10.1 Å². The van der Waals surface area contributed by atoms with Crippen LogP contribution in [0.25, 0.3) is 10.9 Å². The first-order chi connectivity index (χ1) is 18.7. The highest BCUT2D eigenvalue weighted by Crippen LogP contribution is 2.35. The van der Waals surface area contributed by atoms with Crippen LogP contribution in [-0.4, -0.2) is 41.4 Å². The number of hydrogen-bond acceptors (Lipinski definition) is 7. The quantitative estimate of drug-likeness (QED) is 0.240. The number of nitrogens with zero attached hydrogens (tertiary/aromatic N) is 4. The molecule has 0 aliphatic carbocycles. The maximum absolute atomic E-state index is 12.6. The summed E-state index contributed by atoms with van der Waals surface area (Å²) in [7, 11) is 3.96. The maximum Gasteiger partial charge on any atom is 0.224 e. The van der Waals surface area contributed by atoms with Crippen molar-refractivity contribution in [2.24, 2.45) is 0 Å². The molecule has 0 saturated heterocycles. The molecule has 0 saturated carbocycles. The van der Waals surface area contributed by atoms with Gasteiger partial charge >= 0.3 is 0 Å². The molecule has 0 radical (unpaired) electrons. The fraction of sp³-hybridized carbons (Fsp3) is 0.267. The van der Waals surface area contributed by atoms with Gasteiger partial charge in [-0.25, -0.2) is 0 Å². The molecule has 2 aromatic carbocycles. The summed E-state index contributed by atoms with van der Waals surface area (Å²) < 4.78 is 5.86. The van der Waals surface area contributed by atoms with Crippen molar-refractivity contribution in [1.29, 1.82) is 5.26 Å². The van der Waals surface area contributed by atoms with Crippen molar-refractivity contribution in [2.75, 3.05) is 31.3 Å². The number of benzene rings is 2. The Hall–Kier alpha value is -4.19. The molecule has 0 fully saturated rings. The van der Waals surface area contributed by atoms with Crippen molar-refractivity contribution in [2.45, 2.75) is 33.3 Å². The summed E-state index contributed by atoms with van der Waals surface area (Å²) in [6.45, 7) is 5.04. The average molecular weight is 543 g/mol. The van der Waals surface area contributed by atoms with E-state index in [1.807, 2.05) is 63.2 Å². The first-order valence-corrected chi connectivity index (χ1v) is 13.0. The van der Waals surface area contributed by atoms with Gasteiger partial charge in [-0.1, -0.05) is 17.7 Å². The lowest BCUT2D eigenvalue weighted by molar-refractivity contribution is -0.116. The second kappa shape index (κ2) is 12.6. The third-order valence-corrected chi connectivity index (χ3v) is 6.46. The second-order valence-electron chi connectivity index (χ2n) is 9.68. The third kappa shape index (κ3) is 7.23. The Morgan fingerprint density at radius 1 is 1.10 bits per heavy atom. The molecule has 0 spiro atoms. The number of aromatic nitrogens is 2. The topological polar surface area (TPSA) is 103 Å². The Morgan fingerprint density at radius 3 is 2.62 bits per heavy atom. The maximum atomic E-state index is 12.6. The van der Waals surface area contributed by atoms with Gasteiger partial charge in [0.05, 0.1) is 27.5 Å². The Bertz CT molecular complexity index is 1530. The molecule has 0 bridgehead atoms. The van der Waals surface area contributed by atoms with Gasteiger partial charge in [0.2, 0.25) is 5.91 Å². The highest BCUT2D eigenvalue weighted by Gasteiger charge is 2.14. The van der Waals surface area contributed by atoms with Crippen LogP contribution in [0.2, 0.25) is 5.02 Å². The SMILES string of the molecule is Cc1ccc(COc2ccc(Nc3c(C#N)cnc4cc(C)c(NC(=O)CCCN(C)C)cc34)cc2Cl)nc1. The van der Waals surface area contributed by atoms with Gasteiger partial charge in [0.15, 0.2) is 0 Å². The zero-order chi connectivity index (χ0) is 27.9. The zero-order valence-corrected chi connectivity index (χ0v) is 23.3. The lowest BCUT2D eigenvalue weighted by atomic mass is 10.0. The molecule has 2 aromatic heterocycles. The average Bonchev–Trinajstić information content (AvgIpc) is 2.90. The molecule has 0 unspecified atom stereocenters. The number of carbonyl (C=O) groups excluding carboxylic acids is 1. The molecule has 9 heteroatoms. The van der Waals surface area contributed by atoms with E-state index < -0.39 is 0 Å². The summed E-state index contributed by atoms with van der Waals surface area (Å²) in [4.78, 5) is 23.4. The minimum atomic E-state index is -0.0542. The van der Waals surface area contributed by atoms with Crippen molar-refractivity contribution in [3.05, 3.63) is 82.3 Å². The van der Waals surface area contributed by atoms with Gasteiger partial charge in [-0.05, 0) is 88.4 Å². The van der Waals surface area contributed by atoms with Crippen LogP contribution in [0.1, 0.15) is 35.2 Å². The summed E-state index contributed by atoms with van der Waals surface area (Å²) in [5, 5.41) is 17.3. The van der Waals surface area contributed by atoms with Crippen LogP contribution in [-0.2, 0) is 11.4 Å². The predicted molar refractivity (Wildman–Crippen MR) is 156 cm³/mol. The minimum Gasteiger partial charge on any atom is -0.486 e. The van der Waals surface area contributed by atoms with Crippen molar-refractivity contribution >= 4 is 45.5 Å². The number of fused-ring (bicyclic) bond motifs is 1. The molecule has 0 aliphatic rings. The highest BCUT2D eigenvalue weighted by molar-refractivity contribution is 6.32. The molecular formula is C30H31ClN6O2. The molecule has 39 heavy (non-hydrogen) atoms. The fourth-order valence-corrected chi connectivity index (χ4v) is 4.28. The van der Waals surface area contributed by atoms with Crippen LogP contribution in [0.4, 0.5) is 17.1 Å². The van der Waals surface area contributed by atoms with E-state index >= 15 is 0 Å². The van der Waals surface area contributed by atoms with Gasteiger partial charge in [-0.2, -0.15) is 5.26 Å². The summed E-state index contributed by atoms with van der Waals surface area (Å²) in [5.74, 6) is 0.473. The van der Waals surface area contributed by atoms with Gasteiger partial charge < -0.3 is 20.3 Å². The number of nitrogens with one attached hydrogen (secondary N) is 2. The normalized spacial score (nSPS) is 10.9. The molecule has 4 rings (SSSR count). The van der Waals surface area contributed by atoms with Gasteiger partial charge in [0.1, 0.15) is 18.4 Å². The summed E-state index contributed by atoms with van der Waals surface area (Å²) in [6, 6.07) is 15.2. The molecule has 0 atom stereocenters. The number of aryl methyl sites for hydroxylation is 2. The molecular weight excluding hydrogens is 512 g/mol. The number of amides is 1. The van der Waals surface area contributed by atoms with E-state index in [4.69, 9.17) is 16.3 Å². The van der Waals surface area contributed by atoms with Crippen molar-refractivity contribution in [3.8, 4) is 11.8 Å². The zero-order valence-electron chi connectivity index (χ0n) is 22.5. The smallest absolute Gasteiger partial charge is 0.224 e. The molecule has 200 valence electrons. The van der Waals surface area contributed by atoms with E-state index in [0.717, 1.165) is 29.8 Å². The van der Waals surface area contributed by atoms with Gasteiger partial charge in [0, 0.05) is 35.6 Å². The Labute approximate surface area is 233 Å². The number of halogens is 1. The van der Waals surface area contributed by atoms with E-state index in [0.29, 0.717) is 57.3 Å². The van der Waals surface area contributed by atoms with E-state index in [1.54, 1.807) is 18.3 Å². The number of carbonyl (C=O) groups is 1. The van der Waals surface area contributed by atoms with E-state index in [2.05, 4.69) is 26.7 Å². The lowest BCUT2D eigenvalue weighted by Gasteiger charge is -2.16. The number of nitriles is 1. The molecule has 8 nitrogen and oxygen atoms in total. The summed E-state index contributed by atoms with van der Waals surface area (Å²) in [5.41, 5.74) is 5.79. The molecule has 2 heterocycles. The summed E-state index contributed by atoms with van der Waals surface area (Å²) >= 11 is 6.53. The van der Waals surface area contributed by atoms with Crippen LogP contribution < -0.4 is 15.4 Å². The van der Waals surface area contributed by atoms with Gasteiger partial charge in [-0.15, -0.1) is 0 Å². The predicted octanol–water partition coefficient (Wildman–Crippen LogP) is 6.37. The van der Waals surface area contributed by atoms with E-state index in [1.165, 1.54) is 6.20 Å². The summed E-state index contributed by atoms with van der Waals surface area (Å²) in [6.07, 6.45) is 4.52. The van der Waals surface area contributed by atoms with Crippen molar-refractivity contribution in [3.63, 3.8) is 0 Å². The standard InChI is InChI=1S/C30H31ClN6O2/c1-19-7-8-23(33-16-19)18-39-28-10-9-22(13-25(28)31)35-30-21(15-32)17-34-27-12-20(2)26(14-24(27)30)36-29(38)6-5-11-37(3)4/h7-10,12-14,16-17H,5-6,11,18H2,1-4H3,(H,34,35)(H,36,38).